The van der Waals surface area contributed by atoms with Crippen molar-refractivity contribution in [2.75, 3.05) is 0 Å². The van der Waals surface area contributed by atoms with Crippen LogP contribution in [0.25, 0.3) is 6.08 Å². The molecule has 0 amide bonds. The Morgan fingerprint density at radius 1 is 1.35 bits per heavy atom. The number of carbonyl (C=O) groups is 1. The van der Waals surface area contributed by atoms with E-state index in [1.165, 1.54) is 6.08 Å². The summed E-state index contributed by atoms with van der Waals surface area (Å²) >= 11 is 11.5. The van der Waals surface area contributed by atoms with Crippen molar-refractivity contribution in [1.82, 2.24) is 0 Å². The van der Waals surface area contributed by atoms with Gasteiger partial charge in [-0.15, -0.1) is 0 Å². The maximum Gasteiger partial charge on any atom is 0.387 e. The first-order chi connectivity index (χ1) is 7.90. The maximum absolute atomic E-state index is 11.9. The zero-order valence-electron chi connectivity index (χ0n) is 8.16. The quantitative estimate of drug-likeness (QED) is 0.857. The van der Waals surface area contributed by atoms with E-state index in [1.807, 2.05) is 0 Å². The molecule has 0 aromatic heterocycles. The average Bonchev–Trinajstić information content (AvgIpc) is 2.14. The van der Waals surface area contributed by atoms with E-state index in [1.54, 1.807) is 0 Å². The Balaban J connectivity index is 3.06. The number of benzene rings is 1. The number of aliphatic carboxylic acids is 1. The summed E-state index contributed by atoms with van der Waals surface area (Å²) in [4.78, 5) is 10.3. The van der Waals surface area contributed by atoms with Crippen LogP contribution >= 0.6 is 23.2 Å². The van der Waals surface area contributed by atoms with Crippen molar-refractivity contribution >= 4 is 35.2 Å². The summed E-state index contributed by atoms with van der Waals surface area (Å²) in [6.07, 6.45) is 2.00. The fourth-order valence-corrected chi connectivity index (χ4v) is 1.64. The zero-order chi connectivity index (χ0) is 13.0. The summed E-state index contributed by atoms with van der Waals surface area (Å²) in [6, 6.07) is 2.25. The summed E-state index contributed by atoms with van der Waals surface area (Å²) < 4.78 is 28.0. The standard InChI is InChI=1S/C10H6Cl2F2O3/c11-7-3-5(17-10(13)14)4-8(12)6(7)1-2-9(15)16/h1-4,10H,(H,15,16). The second kappa shape index (κ2) is 5.84. The van der Waals surface area contributed by atoms with Crippen LogP contribution in [-0.2, 0) is 4.79 Å². The van der Waals surface area contributed by atoms with Crippen LogP contribution in [-0.4, -0.2) is 17.7 Å². The third kappa shape index (κ3) is 4.20. The molecule has 0 aliphatic carbocycles. The van der Waals surface area contributed by atoms with Gasteiger partial charge in [0.1, 0.15) is 5.75 Å². The van der Waals surface area contributed by atoms with E-state index in [0.717, 1.165) is 18.2 Å². The van der Waals surface area contributed by atoms with Gasteiger partial charge in [-0.25, -0.2) is 4.79 Å². The van der Waals surface area contributed by atoms with Gasteiger partial charge in [0.25, 0.3) is 0 Å². The van der Waals surface area contributed by atoms with Gasteiger partial charge in [-0.3, -0.25) is 0 Å². The number of rotatable bonds is 4. The summed E-state index contributed by atoms with van der Waals surface area (Å²) in [5.41, 5.74) is 0.220. The van der Waals surface area contributed by atoms with E-state index in [-0.39, 0.29) is 21.4 Å². The molecule has 0 radical (unpaired) electrons. The normalized spacial score (nSPS) is 11.1. The lowest BCUT2D eigenvalue weighted by Crippen LogP contribution is -2.02. The molecule has 0 spiro atoms. The van der Waals surface area contributed by atoms with E-state index in [2.05, 4.69) is 4.74 Å². The molecule has 17 heavy (non-hydrogen) atoms. The predicted octanol–water partition coefficient (Wildman–Crippen LogP) is 3.69. The van der Waals surface area contributed by atoms with Crippen molar-refractivity contribution in [1.29, 1.82) is 0 Å². The SMILES string of the molecule is O=C(O)C=Cc1c(Cl)cc(OC(F)F)cc1Cl. The van der Waals surface area contributed by atoms with Crippen molar-refractivity contribution in [2.45, 2.75) is 6.61 Å². The fourth-order valence-electron chi connectivity index (χ4n) is 1.05. The number of carboxylic acid groups (broad SMARTS) is 1. The van der Waals surface area contributed by atoms with Crippen molar-refractivity contribution in [3.8, 4) is 5.75 Å². The average molecular weight is 283 g/mol. The van der Waals surface area contributed by atoms with Gasteiger partial charge in [0, 0.05) is 11.6 Å². The number of ether oxygens (including phenoxy) is 1. The number of alkyl halides is 2. The first-order valence-corrected chi connectivity index (χ1v) is 5.00. The summed E-state index contributed by atoms with van der Waals surface area (Å²) in [5, 5.41) is 8.47. The Hall–Kier alpha value is -1.33. The minimum Gasteiger partial charge on any atom is -0.478 e. The molecule has 92 valence electrons. The highest BCUT2D eigenvalue weighted by Gasteiger charge is 2.10. The molecule has 1 aromatic carbocycles. The molecule has 0 heterocycles. The molecule has 0 bridgehead atoms. The number of halogens is 4. The summed E-state index contributed by atoms with van der Waals surface area (Å²) in [6.45, 7) is -2.98. The van der Waals surface area contributed by atoms with Crippen LogP contribution in [0, 0.1) is 0 Å². The Kier molecular flexibility index (Phi) is 4.72. The van der Waals surface area contributed by atoms with Gasteiger partial charge in [0.15, 0.2) is 0 Å². The van der Waals surface area contributed by atoms with Gasteiger partial charge >= 0.3 is 12.6 Å². The smallest absolute Gasteiger partial charge is 0.387 e. The molecule has 3 nitrogen and oxygen atoms in total. The van der Waals surface area contributed by atoms with Gasteiger partial charge in [0.05, 0.1) is 10.0 Å². The number of carboxylic acids is 1. The van der Waals surface area contributed by atoms with Crippen LogP contribution in [0.1, 0.15) is 5.56 Å². The van der Waals surface area contributed by atoms with E-state index in [0.29, 0.717) is 0 Å². The molecular weight excluding hydrogens is 277 g/mol. The Morgan fingerprint density at radius 2 is 1.88 bits per heavy atom. The predicted molar refractivity (Wildman–Crippen MR) is 59.8 cm³/mol. The van der Waals surface area contributed by atoms with E-state index in [4.69, 9.17) is 28.3 Å². The zero-order valence-corrected chi connectivity index (χ0v) is 9.67. The lowest BCUT2D eigenvalue weighted by Gasteiger charge is -2.08. The molecule has 0 aliphatic rings. The van der Waals surface area contributed by atoms with E-state index < -0.39 is 12.6 Å². The van der Waals surface area contributed by atoms with Crippen molar-refractivity contribution in [3.63, 3.8) is 0 Å². The molecule has 0 fully saturated rings. The third-order valence-electron chi connectivity index (χ3n) is 1.67. The highest BCUT2D eigenvalue weighted by Crippen LogP contribution is 2.31. The number of hydrogen-bond acceptors (Lipinski definition) is 2. The van der Waals surface area contributed by atoms with E-state index in [9.17, 15) is 13.6 Å². The van der Waals surface area contributed by atoms with E-state index >= 15 is 0 Å². The Bertz CT molecular complexity index is 438. The summed E-state index contributed by atoms with van der Waals surface area (Å²) in [5.74, 6) is -1.37. The number of hydrogen-bond donors (Lipinski definition) is 1. The molecule has 0 saturated carbocycles. The minimum absolute atomic E-state index is 0.0191. The van der Waals surface area contributed by atoms with Crippen LogP contribution in [0.4, 0.5) is 8.78 Å². The fraction of sp³-hybridized carbons (Fsp3) is 0.100. The molecule has 0 aliphatic heterocycles. The van der Waals surface area contributed by atoms with Crippen LogP contribution in [0.15, 0.2) is 18.2 Å². The summed E-state index contributed by atoms with van der Waals surface area (Å²) in [7, 11) is 0. The molecular formula is C10H6Cl2F2O3. The largest absolute Gasteiger partial charge is 0.478 e. The second-order valence-electron chi connectivity index (χ2n) is 2.85. The maximum atomic E-state index is 11.9. The van der Waals surface area contributed by atoms with Gasteiger partial charge < -0.3 is 9.84 Å². The molecule has 7 heteroatoms. The molecule has 0 unspecified atom stereocenters. The topological polar surface area (TPSA) is 46.5 Å². The van der Waals surface area contributed by atoms with Crippen LogP contribution < -0.4 is 4.74 Å². The lowest BCUT2D eigenvalue weighted by atomic mass is 10.2. The molecule has 0 atom stereocenters. The van der Waals surface area contributed by atoms with Crippen molar-refractivity contribution in [2.24, 2.45) is 0 Å². The molecule has 1 N–H and O–H groups in total. The molecule has 1 aromatic rings. The Morgan fingerprint density at radius 3 is 2.29 bits per heavy atom. The van der Waals surface area contributed by atoms with Gasteiger partial charge in [-0.05, 0) is 18.2 Å². The second-order valence-corrected chi connectivity index (χ2v) is 3.67. The molecule has 0 saturated heterocycles. The highest BCUT2D eigenvalue weighted by atomic mass is 35.5. The minimum atomic E-state index is -2.98. The highest BCUT2D eigenvalue weighted by molar-refractivity contribution is 6.37. The van der Waals surface area contributed by atoms with Crippen LogP contribution in [0.2, 0.25) is 10.0 Å². The van der Waals surface area contributed by atoms with Crippen LogP contribution in [0.3, 0.4) is 0 Å². The first kappa shape index (κ1) is 13.7. The Labute approximate surface area is 105 Å². The van der Waals surface area contributed by atoms with Gasteiger partial charge in [-0.2, -0.15) is 8.78 Å². The van der Waals surface area contributed by atoms with Gasteiger partial charge in [0.2, 0.25) is 0 Å². The van der Waals surface area contributed by atoms with Crippen LogP contribution in [0.5, 0.6) is 5.75 Å². The monoisotopic (exact) mass is 282 g/mol. The van der Waals surface area contributed by atoms with Gasteiger partial charge in [-0.1, -0.05) is 23.2 Å². The first-order valence-electron chi connectivity index (χ1n) is 4.25. The lowest BCUT2D eigenvalue weighted by molar-refractivity contribution is -0.131. The third-order valence-corrected chi connectivity index (χ3v) is 2.30. The molecule has 1 rings (SSSR count). The van der Waals surface area contributed by atoms with Crippen molar-refractivity contribution < 1.29 is 23.4 Å². The van der Waals surface area contributed by atoms with Crippen molar-refractivity contribution in [3.05, 3.63) is 33.8 Å².